The summed E-state index contributed by atoms with van der Waals surface area (Å²) in [6.45, 7) is 13.8. The largest absolute Gasteiger partial charge is 0.372 e. The van der Waals surface area contributed by atoms with E-state index in [0.29, 0.717) is 24.3 Å². The second kappa shape index (κ2) is 5.68. The molecule has 0 spiro atoms. The lowest BCUT2D eigenvalue weighted by Crippen LogP contribution is -2.56. The van der Waals surface area contributed by atoms with Crippen LogP contribution in [0.5, 0.6) is 0 Å². The number of ether oxygens (including phenoxy) is 1. The van der Waals surface area contributed by atoms with Gasteiger partial charge in [-0.1, -0.05) is 0 Å². The topological polar surface area (TPSA) is 15.7 Å². The molecule has 0 atom stereocenters. The molecule has 0 aliphatic carbocycles. The van der Waals surface area contributed by atoms with Crippen molar-refractivity contribution in [1.29, 1.82) is 0 Å². The minimum atomic E-state index is 0.507. The SMILES string of the molecule is CC(C)N1CCC(OC2CN(C(C)C)C2)CC1. The fraction of sp³-hybridized carbons (Fsp3) is 1.00. The quantitative estimate of drug-likeness (QED) is 0.747. The van der Waals surface area contributed by atoms with Crippen LogP contribution < -0.4 is 0 Å². The third-order valence-corrected chi connectivity index (χ3v) is 4.20. The van der Waals surface area contributed by atoms with Crippen molar-refractivity contribution in [2.45, 2.75) is 64.8 Å². The van der Waals surface area contributed by atoms with Gasteiger partial charge in [0, 0.05) is 38.3 Å². The number of likely N-dealkylation sites (tertiary alicyclic amines) is 2. The van der Waals surface area contributed by atoms with Gasteiger partial charge in [0.15, 0.2) is 0 Å². The molecule has 3 heteroatoms. The highest BCUT2D eigenvalue weighted by atomic mass is 16.5. The lowest BCUT2D eigenvalue weighted by Gasteiger charge is -2.44. The first-order valence-corrected chi connectivity index (χ1v) is 7.20. The molecule has 2 saturated heterocycles. The summed E-state index contributed by atoms with van der Waals surface area (Å²) < 4.78 is 6.17. The van der Waals surface area contributed by atoms with Gasteiger partial charge in [-0.15, -0.1) is 0 Å². The maximum Gasteiger partial charge on any atom is 0.0832 e. The molecule has 2 aliphatic heterocycles. The third kappa shape index (κ3) is 3.43. The molecule has 2 aliphatic rings. The summed E-state index contributed by atoms with van der Waals surface area (Å²) in [4.78, 5) is 5.04. The van der Waals surface area contributed by atoms with Crippen molar-refractivity contribution in [1.82, 2.24) is 9.80 Å². The van der Waals surface area contributed by atoms with E-state index in [9.17, 15) is 0 Å². The number of piperidine rings is 1. The van der Waals surface area contributed by atoms with Crippen LogP contribution in [-0.2, 0) is 4.74 Å². The molecular weight excluding hydrogens is 212 g/mol. The van der Waals surface area contributed by atoms with Crippen LogP contribution >= 0.6 is 0 Å². The van der Waals surface area contributed by atoms with Crippen molar-refractivity contribution >= 4 is 0 Å². The van der Waals surface area contributed by atoms with Crippen LogP contribution in [0.15, 0.2) is 0 Å². The number of nitrogens with zero attached hydrogens (tertiary/aromatic N) is 2. The minimum absolute atomic E-state index is 0.507. The van der Waals surface area contributed by atoms with E-state index >= 15 is 0 Å². The molecule has 0 radical (unpaired) electrons. The molecule has 100 valence electrons. The summed E-state index contributed by atoms with van der Waals surface area (Å²) in [6, 6.07) is 1.37. The van der Waals surface area contributed by atoms with Crippen LogP contribution in [0.4, 0.5) is 0 Å². The van der Waals surface area contributed by atoms with Gasteiger partial charge in [0.2, 0.25) is 0 Å². The van der Waals surface area contributed by atoms with Gasteiger partial charge >= 0.3 is 0 Å². The number of hydrogen-bond donors (Lipinski definition) is 0. The Balaban J connectivity index is 1.63. The zero-order chi connectivity index (χ0) is 12.4. The molecule has 0 aromatic carbocycles. The molecule has 0 aromatic heterocycles. The molecular formula is C14H28N2O. The van der Waals surface area contributed by atoms with Crippen molar-refractivity contribution in [3.63, 3.8) is 0 Å². The van der Waals surface area contributed by atoms with Gasteiger partial charge in [-0.05, 0) is 40.5 Å². The van der Waals surface area contributed by atoms with Crippen molar-refractivity contribution in [3.8, 4) is 0 Å². The fourth-order valence-corrected chi connectivity index (χ4v) is 2.78. The Hall–Kier alpha value is -0.120. The molecule has 0 aromatic rings. The molecule has 3 nitrogen and oxygen atoms in total. The van der Waals surface area contributed by atoms with Gasteiger partial charge in [0.1, 0.15) is 0 Å². The first-order valence-electron chi connectivity index (χ1n) is 7.20. The van der Waals surface area contributed by atoms with E-state index in [0.717, 1.165) is 13.1 Å². The molecule has 17 heavy (non-hydrogen) atoms. The van der Waals surface area contributed by atoms with Gasteiger partial charge in [-0.2, -0.15) is 0 Å². The summed E-state index contributed by atoms with van der Waals surface area (Å²) in [6.07, 6.45) is 3.46. The van der Waals surface area contributed by atoms with Crippen molar-refractivity contribution in [2.24, 2.45) is 0 Å². The van der Waals surface area contributed by atoms with E-state index in [4.69, 9.17) is 4.74 Å². The van der Waals surface area contributed by atoms with Crippen LogP contribution in [0, 0.1) is 0 Å². The maximum absolute atomic E-state index is 6.17. The standard InChI is InChI=1S/C14H28N2O/c1-11(2)15-7-5-13(6-8-15)17-14-9-16(10-14)12(3)4/h11-14H,5-10H2,1-4H3. The monoisotopic (exact) mass is 240 g/mol. The van der Waals surface area contributed by atoms with Crippen molar-refractivity contribution < 1.29 is 4.74 Å². The van der Waals surface area contributed by atoms with Crippen LogP contribution in [-0.4, -0.2) is 60.3 Å². The molecule has 0 N–H and O–H groups in total. The second-order valence-corrected chi connectivity index (χ2v) is 6.13. The van der Waals surface area contributed by atoms with Crippen LogP contribution in [0.1, 0.15) is 40.5 Å². The maximum atomic E-state index is 6.17. The lowest BCUT2D eigenvalue weighted by atomic mass is 10.0. The average molecular weight is 240 g/mol. The molecule has 0 unspecified atom stereocenters. The summed E-state index contributed by atoms with van der Waals surface area (Å²) in [5.74, 6) is 0. The summed E-state index contributed by atoms with van der Waals surface area (Å²) in [5.41, 5.74) is 0. The zero-order valence-electron chi connectivity index (χ0n) is 11.9. The van der Waals surface area contributed by atoms with Crippen molar-refractivity contribution in [3.05, 3.63) is 0 Å². The molecule has 0 saturated carbocycles. The third-order valence-electron chi connectivity index (χ3n) is 4.20. The predicted octanol–water partition coefficient (Wildman–Crippen LogP) is 1.97. The smallest absolute Gasteiger partial charge is 0.0832 e. The Kier molecular flexibility index (Phi) is 4.45. The summed E-state index contributed by atoms with van der Waals surface area (Å²) in [5, 5.41) is 0. The summed E-state index contributed by atoms with van der Waals surface area (Å²) >= 11 is 0. The van der Waals surface area contributed by atoms with E-state index < -0.39 is 0 Å². The van der Waals surface area contributed by atoms with Gasteiger partial charge in [0.05, 0.1) is 12.2 Å². The first-order chi connectivity index (χ1) is 8.06. The van der Waals surface area contributed by atoms with Crippen molar-refractivity contribution in [2.75, 3.05) is 26.2 Å². The average Bonchev–Trinajstić information content (AvgIpc) is 2.23. The van der Waals surface area contributed by atoms with E-state index in [-0.39, 0.29) is 0 Å². The lowest BCUT2D eigenvalue weighted by molar-refractivity contribution is -0.116. The number of hydrogen-bond acceptors (Lipinski definition) is 3. The van der Waals surface area contributed by atoms with Gasteiger partial charge in [-0.3, -0.25) is 4.90 Å². The summed E-state index contributed by atoms with van der Waals surface area (Å²) in [7, 11) is 0. The Labute approximate surface area is 106 Å². The fourth-order valence-electron chi connectivity index (χ4n) is 2.78. The molecule has 2 rings (SSSR count). The predicted molar refractivity (Wildman–Crippen MR) is 71.3 cm³/mol. The normalized spacial score (nSPS) is 25.8. The zero-order valence-corrected chi connectivity index (χ0v) is 11.9. The van der Waals surface area contributed by atoms with Gasteiger partial charge < -0.3 is 9.64 Å². The first kappa shape index (κ1) is 13.3. The second-order valence-electron chi connectivity index (χ2n) is 6.13. The van der Waals surface area contributed by atoms with E-state index in [1.807, 2.05) is 0 Å². The van der Waals surface area contributed by atoms with Crippen LogP contribution in [0.3, 0.4) is 0 Å². The van der Waals surface area contributed by atoms with E-state index in [1.54, 1.807) is 0 Å². The Morgan fingerprint density at radius 1 is 0.824 bits per heavy atom. The van der Waals surface area contributed by atoms with E-state index in [2.05, 4.69) is 37.5 Å². The molecule has 0 bridgehead atoms. The Morgan fingerprint density at radius 3 is 1.82 bits per heavy atom. The van der Waals surface area contributed by atoms with E-state index in [1.165, 1.54) is 25.9 Å². The minimum Gasteiger partial charge on any atom is -0.372 e. The molecule has 0 amide bonds. The van der Waals surface area contributed by atoms with Gasteiger partial charge in [0.25, 0.3) is 0 Å². The van der Waals surface area contributed by atoms with Crippen LogP contribution in [0.2, 0.25) is 0 Å². The highest BCUT2D eigenvalue weighted by Gasteiger charge is 2.32. The molecule has 2 heterocycles. The highest BCUT2D eigenvalue weighted by molar-refractivity contribution is 4.85. The molecule has 2 fully saturated rings. The number of rotatable bonds is 4. The Morgan fingerprint density at radius 2 is 1.35 bits per heavy atom. The van der Waals surface area contributed by atoms with Gasteiger partial charge in [-0.25, -0.2) is 0 Å². The van der Waals surface area contributed by atoms with Crippen LogP contribution in [0.25, 0.3) is 0 Å². The Bertz CT molecular complexity index is 228. The highest BCUT2D eigenvalue weighted by Crippen LogP contribution is 2.22.